The highest BCUT2D eigenvalue weighted by atomic mass is 32.2. The second kappa shape index (κ2) is 5.42. The lowest BCUT2D eigenvalue weighted by Crippen LogP contribution is -2.32. The minimum Gasteiger partial charge on any atom is -0.390 e. The molecule has 102 valence electrons. The highest BCUT2D eigenvalue weighted by Gasteiger charge is 2.24. The molecule has 1 aliphatic carbocycles. The second-order valence-electron chi connectivity index (χ2n) is 4.71. The fraction of sp³-hybridized carbons (Fsp3) is 0.667. The van der Waals surface area contributed by atoms with Crippen molar-refractivity contribution in [2.75, 3.05) is 0 Å². The number of hydrogen-bond donors (Lipinski definition) is 2. The molecule has 0 radical (unpaired) electrons. The Morgan fingerprint density at radius 3 is 2.61 bits per heavy atom. The number of nitrogens with one attached hydrogen (secondary N) is 1. The van der Waals surface area contributed by atoms with Crippen molar-refractivity contribution in [2.24, 2.45) is 0 Å². The molecule has 0 aromatic carbocycles. The molecule has 5 nitrogen and oxygen atoms in total. The molecule has 1 aromatic rings. The third kappa shape index (κ3) is 2.76. The number of aryl methyl sites for hydroxylation is 1. The van der Waals surface area contributed by atoms with Crippen molar-refractivity contribution < 1.29 is 13.5 Å². The Bertz CT molecular complexity index is 480. The van der Waals surface area contributed by atoms with E-state index >= 15 is 0 Å². The van der Waals surface area contributed by atoms with Crippen LogP contribution in [0.5, 0.6) is 0 Å². The van der Waals surface area contributed by atoms with Crippen molar-refractivity contribution in [3.05, 3.63) is 18.0 Å². The summed E-state index contributed by atoms with van der Waals surface area (Å²) >= 11 is 0. The van der Waals surface area contributed by atoms with Crippen LogP contribution in [0, 0.1) is 0 Å². The van der Waals surface area contributed by atoms with Crippen LogP contribution in [-0.2, 0) is 23.2 Å². The van der Waals surface area contributed by atoms with Gasteiger partial charge in [0.05, 0.1) is 11.5 Å². The van der Waals surface area contributed by atoms with Gasteiger partial charge in [-0.1, -0.05) is 12.8 Å². The van der Waals surface area contributed by atoms with E-state index in [9.17, 15) is 13.5 Å². The molecule has 0 spiro atoms. The molecule has 0 atom stereocenters. The van der Waals surface area contributed by atoms with E-state index in [0.717, 1.165) is 25.7 Å². The van der Waals surface area contributed by atoms with Gasteiger partial charge in [0, 0.05) is 24.5 Å². The summed E-state index contributed by atoms with van der Waals surface area (Å²) in [4.78, 5) is 0.250. The number of hydrogen-bond acceptors (Lipinski definition) is 3. The van der Waals surface area contributed by atoms with Crippen molar-refractivity contribution in [1.29, 1.82) is 0 Å². The number of sulfonamides is 1. The summed E-state index contributed by atoms with van der Waals surface area (Å²) < 4.78 is 28.8. The Hall–Kier alpha value is -0.850. The van der Waals surface area contributed by atoms with Gasteiger partial charge < -0.3 is 9.67 Å². The van der Waals surface area contributed by atoms with Gasteiger partial charge in [0.25, 0.3) is 0 Å². The SMILES string of the molecule is CCn1cc(S(=O)(=O)NC2CCCC2)cc1CO. The molecule has 1 fully saturated rings. The van der Waals surface area contributed by atoms with Crippen LogP contribution in [0.3, 0.4) is 0 Å². The fourth-order valence-corrected chi connectivity index (χ4v) is 3.80. The molecule has 0 bridgehead atoms. The van der Waals surface area contributed by atoms with Crippen molar-refractivity contribution in [1.82, 2.24) is 9.29 Å². The fourth-order valence-electron chi connectivity index (χ4n) is 2.43. The topological polar surface area (TPSA) is 71.3 Å². The van der Waals surface area contributed by atoms with E-state index in [1.54, 1.807) is 16.8 Å². The first-order valence-electron chi connectivity index (χ1n) is 6.39. The minimum atomic E-state index is -3.45. The van der Waals surface area contributed by atoms with Crippen LogP contribution < -0.4 is 4.72 Å². The zero-order valence-corrected chi connectivity index (χ0v) is 11.4. The Morgan fingerprint density at radius 2 is 2.11 bits per heavy atom. The Morgan fingerprint density at radius 1 is 1.44 bits per heavy atom. The van der Waals surface area contributed by atoms with E-state index in [-0.39, 0.29) is 17.5 Å². The van der Waals surface area contributed by atoms with Gasteiger partial charge in [0.15, 0.2) is 0 Å². The predicted octanol–water partition coefficient (Wildman–Crippen LogP) is 1.22. The Kier molecular flexibility index (Phi) is 4.09. The molecule has 0 amide bonds. The summed E-state index contributed by atoms with van der Waals surface area (Å²) in [6.45, 7) is 2.42. The number of aliphatic hydroxyl groups is 1. The van der Waals surface area contributed by atoms with E-state index in [1.165, 1.54) is 0 Å². The molecule has 2 rings (SSSR count). The quantitative estimate of drug-likeness (QED) is 0.846. The van der Waals surface area contributed by atoms with Crippen molar-refractivity contribution in [3.8, 4) is 0 Å². The monoisotopic (exact) mass is 272 g/mol. The largest absolute Gasteiger partial charge is 0.390 e. The first-order valence-corrected chi connectivity index (χ1v) is 7.87. The van der Waals surface area contributed by atoms with Gasteiger partial charge >= 0.3 is 0 Å². The summed E-state index contributed by atoms with van der Waals surface area (Å²) in [5.74, 6) is 0. The molecule has 0 saturated heterocycles. The molecule has 1 aliphatic rings. The van der Waals surface area contributed by atoms with Crippen LogP contribution in [0.25, 0.3) is 0 Å². The lowest BCUT2D eigenvalue weighted by molar-refractivity contribution is 0.271. The molecule has 0 aliphatic heterocycles. The molecule has 1 aromatic heterocycles. The van der Waals surface area contributed by atoms with Crippen LogP contribution in [0.15, 0.2) is 17.2 Å². The number of rotatable bonds is 5. The van der Waals surface area contributed by atoms with Crippen LogP contribution in [0.4, 0.5) is 0 Å². The van der Waals surface area contributed by atoms with E-state index in [4.69, 9.17) is 0 Å². The highest BCUT2D eigenvalue weighted by molar-refractivity contribution is 7.89. The molecule has 6 heteroatoms. The highest BCUT2D eigenvalue weighted by Crippen LogP contribution is 2.21. The van der Waals surface area contributed by atoms with Gasteiger partial charge in [-0.2, -0.15) is 0 Å². The van der Waals surface area contributed by atoms with Gasteiger partial charge in [0.1, 0.15) is 0 Å². The number of aliphatic hydroxyl groups excluding tert-OH is 1. The maximum atomic E-state index is 12.2. The molecule has 2 N–H and O–H groups in total. The zero-order valence-electron chi connectivity index (χ0n) is 10.6. The number of nitrogens with zero attached hydrogens (tertiary/aromatic N) is 1. The molecule has 1 heterocycles. The zero-order chi connectivity index (χ0) is 13.2. The van der Waals surface area contributed by atoms with Gasteiger partial charge in [-0.05, 0) is 25.8 Å². The maximum absolute atomic E-state index is 12.2. The second-order valence-corrected chi connectivity index (χ2v) is 6.43. The maximum Gasteiger partial charge on any atom is 0.242 e. The summed E-state index contributed by atoms with van der Waals surface area (Å²) in [5.41, 5.74) is 0.629. The predicted molar refractivity (Wildman–Crippen MR) is 68.6 cm³/mol. The van der Waals surface area contributed by atoms with Crippen LogP contribution in [-0.4, -0.2) is 24.1 Å². The van der Waals surface area contributed by atoms with E-state index in [2.05, 4.69) is 4.72 Å². The third-order valence-corrected chi connectivity index (χ3v) is 4.94. The van der Waals surface area contributed by atoms with Crippen LogP contribution in [0.1, 0.15) is 38.3 Å². The number of aromatic nitrogens is 1. The smallest absolute Gasteiger partial charge is 0.242 e. The van der Waals surface area contributed by atoms with E-state index in [1.807, 2.05) is 6.92 Å². The Balaban J connectivity index is 2.20. The first-order chi connectivity index (χ1) is 8.56. The Labute approximate surface area is 108 Å². The lowest BCUT2D eigenvalue weighted by atomic mass is 10.3. The molecule has 1 saturated carbocycles. The third-order valence-electron chi connectivity index (χ3n) is 3.45. The lowest BCUT2D eigenvalue weighted by Gasteiger charge is -2.11. The molecular weight excluding hydrogens is 252 g/mol. The van der Waals surface area contributed by atoms with Gasteiger partial charge in [-0.25, -0.2) is 13.1 Å². The standard InChI is InChI=1S/C12H20N2O3S/c1-2-14-8-12(7-11(14)9-15)18(16,17)13-10-5-3-4-6-10/h7-8,10,13,15H,2-6,9H2,1H3. The summed E-state index contributed by atoms with van der Waals surface area (Å²) in [5, 5.41) is 9.18. The van der Waals surface area contributed by atoms with Crippen molar-refractivity contribution in [3.63, 3.8) is 0 Å². The van der Waals surface area contributed by atoms with E-state index < -0.39 is 10.0 Å². The van der Waals surface area contributed by atoms with Crippen molar-refractivity contribution >= 4 is 10.0 Å². The van der Waals surface area contributed by atoms with Gasteiger partial charge in [0.2, 0.25) is 10.0 Å². The first kappa shape index (κ1) is 13.6. The summed E-state index contributed by atoms with van der Waals surface area (Å²) in [6.07, 6.45) is 5.60. The van der Waals surface area contributed by atoms with Gasteiger partial charge in [-0.3, -0.25) is 0 Å². The van der Waals surface area contributed by atoms with Gasteiger partial charge in [-0.15, -0.1) is 0 Å². The van der Waals surface area contributed by atoms with Crippen LogP contribution in [0.2, 0.25) is 0 Å². The summed E-state index contributed by atoms with van der Waals surface area (Å²) in [6, 6.07) is 1.61. The average Bonchev–Trinajstić information content (AvgIpc) is 2.96. The average molecular weight is 272 g/mol. The van der Waals surface area contributed by atoms with E-state index in [0.29, 0.717) is 12.2 Å². The molecule has 0 unspecified atom stereocenters. The normalized spacial score (nSPS) is 17.4. The van der Waals surface area contributed by atoms with Crippen LogP contribution >= 0.6 is 0 Å². The molecule has 18 heavy (non-hydrogen) atoms. The summed E-state index contributed by atoms with van der Waals surface area (Å²) in [7, 11) is -3.45. The minimum absolute atomic E-state index is 0.0672. The van der Waals surface area contributed by atoms with Crippen molar-refractivity contribution in [2.45, 2.75) is 56.7 Å². The molecular formula is C12H20N2O3S.